The molecular weight excluding hydrogens is 285 g/mol. The van der Waals surface area contributed by atoms with Gasteiger partial charge in [-0.15, -0.1) is 0 Å². The second kappa shape index (κ2) is 4.87. The number of benzene rings is 1. The molecule has 1 aromatic heterocycles. The maximum atomic E-state index is 6.34. The maximum Gasteiger partial charge on any atom is 0.497 e. The van der Waals surface area contributed by atoms with Crippen LogP contribution in [0.2, 0.25) is 0 Å². The zero-order chi connectivity index (χ0) is 17.3. The summed E-state index contributed by atoms with van der Waals surface area (Å²) in [6.07, 6.45) is 0. The number of fused-ring (bicyclic) bond motifs is 1. The summed E-state index contributed by atoms with van der Waals surface area (Å²) in [5.41, 5.74) is 8.12. The number of aryl methyl sites for hydroxylation is 3. The second-order valence-electron chi connectivity index (χ2n) is 8.00. The fraction of sp³-hybridized carbons (Fsp3) is 0.579. The number of aromatic amines is 1. The van der Waals surface area contributed by atoms with Gasteiger partial charge >= 0.3 is 7.12 Å². The predicted molar refractivity (Wildman–Crippen MR) is 97.7 cm³/mol. The molecule has 2 heterocycles. The Morgan fingerprint density at radius 3 is 1.78 bits per heavy atom. The summed E-state index contributed by atoms with van der Waals surface area (Å²) >= 11 is 0. The predicted octanol–water partition coefficient (Wildman–Crippen LogP) is 4.01. The van der Waals surface area contributed by atoms with Crippen molar-refractivity contribution in [3.8, 4) is 0 Å². The Hall–Kier alpha value is -1.26. The molecule has 3 nitrogen and oxygen atoms in total. The van der Waals surface area contributed by atoms with E-state index in [-0.39, 0.29) is 18.3 Å². The van der Waals surface area contributed by atoms with Gasteiger partial charge in [0.15, 0.2) is 0 Å². The van der Waals surface area contributed by atoms with Gasteiger partial charge in [0.2, 0.25) is 0 Å². The van der Waals surface area contributed by atoms with E-state index in [0.29, 0.717) is 0 Å². The molecule has 1 aliphatic rings. The Morgan fingerprint density at radius 1 is 0.739 bits per heavy atom. The summed E-state index contributed by atoms with van der Waals surface area (Å²) in [5.74, 6) is 0. The molecule has 1 fully saturated rings. The number of hydrogen-bond donors (Lipinski definition) is 1. The molecule has 1 aliphatic heterocycles. The molecule has 0 spiro atoms. The van der Waals surface area contributed by atoms with Crippen molar-refractivity contribution in [1.82, 2.24) is 4.98 Å². The molecule has 4 heteroatoms. The van der Waals surface area contributed by atoms with Crippen LogP contribution in [0.1, 0.15) is 55.6 Å². The highest BCUT2D eigenvalue weighted by Gasteiger charge is 2.52. The average Bonchev–Trinajstić information content (AvgIpc) is 2.82. The molecule has 23 heavy (non-hydrogen) atoms. The molecule has 0 unspecified atom stereocenters. The lowest BCUT2D eigenvalue weighted by atomic mass is 9.72. The lowest BCUT2D eigenvalue weighted by Gasteiger charge is -2.32. The van der Waals surface area contributed by atoms with Gasteiger partial charge < -0.3 is 14.3 Å². The summed E-state index contributed by atoms with van der Waals surface area (Å²) in [5, 5.41) is 1.32. The van der Waals surface area contributed by atoms with Crippen LogP contribution in [0.4, 0.5) is 0 Å². The highest BCUT2D eigenvalue weighted by atomic mass is 16.7. The van der Waals surface area contributed by atoms with Crippen molar-refractivity contribution in [2.24, 2.45) is 0 Å². The zero-order valence-electron chi connectivity index (χ0n) is 15.9. The van der Waals surface area contributed by atoms with Gasteiger partial charge in [-0.2, -0.15) is 0 Å². The number of hydrogen-bond acceptors (Lipinski definition) is 2. The number of rotatable bonds is 1. The van der Waals surface area contributed by atoms with E-state index in [4.69, 9.17) is 9.31 Å². The van der Waals surface area contributed by atoms with Gasteiger partial charge in [0.05, 0.1) is 11.2 Å². The summed E-state index contributed by atoms with van der Waals surface area (Å²) in [4.78, 5) is 3.58. The first-order chi connectivity index (χ1) is 10.5. The Bertz CT molecular complexity index is 786. The normalized spacial score (nSPS) is 19.8. The zero-order valence-corrected chi connectivity index (χ0v) is 15.9. The number of H-pyrrole nitrogens is 1. The minimum absolute atomic E-state index is 0.327. The first-order valence-corrected chi connectivity index (χ1v) is 8.42. The molecule has 3 rings (SSSR count). The van der Waals surface area contributed by atoms with Gasteiger partial charge in [0.1, 0.15) is 0 Å². The molecule has 1 N–H and O–H groups in total. The van der Waals surface area contributed by atoms with Crippen molar-refractivity contribution in [3.05, 3.63) is 27.9 Å². The summed E-state index contributed by atoms with van der Waals surface area (Å²) < 4.78 is 12.7. The molecule has 1 aromatic carbocycles. The SMILES string of the molecule is Cc1[nH]c2c(B3OC(C)(C)C(C)(C)O3)c(C)c(C)c(C)c2c1C. The van der Waals surface area contributed by atoms with E-state index in [9.17, 15) is 0 Å². The standard InChI is InChI=1S/C19H28BNO2/c1-10-11(2)15-13(4)14(5)21-17(15)16(12(10)3)20-22-18(6,7)19(8,9)23-20/h21H,1-9H3. The maximum absolute atomic E-state index is 6.34. The van der Waals surface area contributed by atoms with Crippen LogP contribution in [0.25, 0.3) is 10.9 Å². The molecule has 0 radical (unpaired) electrons. The van der Waals surface area contributed by atoms with E-state index < -0.39 is 0 Å². The van der Waals surface area contributed by atoms with Crippen molar-refractivity contribution in [2.75, 3.05) is 0 Å². The average molecular weight is 313 g/mol. The minimum Gasteiger partial charge on any atom is -0.399 e. The van der Waals surface area contributed by atoms with Crippen molar-refractivity contribution in [2.45, 2.75) is 73.5 Å². The molecule has 0 aliphatic carbocycles. The van der Waals surface area contributed by atoms with E-state index in [0.717, 1.165) is 5.46 Å². The van der Waals surface area contributed by atoms with Gasteiger partial charge in [-0.25, -0.2) is 0 Å². The highest BCUT2D eigenvalue weighted by Crippen LogP contribution is 2.38. The number of aromatic nitrogens is 1. The van der Waals surface area contributed by atoms with E-state index in [1.54, 1.807) is 0 Å². The summed E-state index contributed by atoms with van der Waals surface area (Å²) in [6, 6.07) is 0. The van der Waals surface area contributed by atoms with E-state index in [2.05, 4.69) is 67.3 Å². The molecule has 0 amide bonds. The largest absolute Gasteiger partial charge is 0.497 e. The first-order valence-electron chi connectivity index (χ1n) is 8.42. The fourth-order valence-electron chi connectivity index (χ4n) is 3.50. The quantitative estimate of drug-likeness (QED) is 0.807. The lowest BCUT2D eigenvalue weighted by molar-refractivity contribution is 0.00578. The van der Waals surface area contributed by atoms with Gasteiger partial charge in [0, 0.05) is 22.1 Å². The molecule has 0 saturated carbocycles. The van der Waals surface area contributed by atoms with Crippen molar-refractivity contribution in [1.29, 1.82) is 0 Å². The first kappa shape index (κ1) is 16.6. The monoisotopic (exact) mass is 313 g/mol. The minimum atomic E-state index is -0.334. The van der Waals surface area contributed by atoms with Crippen LogP contribution >= 0.6 is 0 Å². The Labute approximate surface area is 139 Å². The second-order valence-corrected chi connectivity index (χ2v) is 8.00. The van der Waals surface area contributed by atoms with Crippen LogP contribution in [0.3, 0.4) is 0 Å². The Morgan fingerprint density at radius 2 is 1.26 bits per heavy atom. The van der Waals surface area contributed by atoms with E-state index in [1.807, 2.05) is 0 Å². The van der Waals surface area contributed by atoms with Crippen molar-refractivity contribution in [3.63, 3.8) is 0 Å². The van der Waals surface area contributed by atoms with Crippen LogP contribution in [0.15, 0.2) is 0 Å². The van der Waals surface area contributed by atoms with Crippen LogP contribution in [-0.4, -0.2) is 23.3 Å². The van der Waals surface area contributed by atoms with Gasteiger partial charge in [-0.05, 0) is 84.6 Å². The lowest BCUT2D eigenvalue weighted by Crippen LogP contribution is -2.41. The Balaban J connectivity index is 2.29. The molecule has 0 bridgehead atoms. The summed E-state index contributed by atoms with van der Waals surface area (Å²) in [6.45, 7) is 19.3. The summed E-state index contributed by atoms with van der Waals surface area (Å²) in [7, 11) is -0.334. The van der Waals surface area contributed by atoms with Gasteiger partial charge in [0.25, 0.3) is 0 Å². The third-order valence-electron chi connectivity index (χ3n) is 6.16. The van der Waals surface area contributed by atoms with Crippen LogP contribution in [0.5, 0.6) is 0 Å². The van der Waals surface area contributed by atoms with Crippen LogP contribution < -0.4 is 5.46 Å². The third-order valence-corrected chi connectivity index (χ3v) is 6.16. The van der Waals surface area contributed by atoms with Crippen LogP contribution in [0, 0.1) is 34.6 Å². The topological polar surface area (TPSA) is 34.2 Å². The Kier molecular flexibility index (Phi) is 3.52. The van der Waals surface area contributed by atoms with Gasteiger partial charge in [-0.1, -0.05) is 0 Å². The van der Waals surface area contributed by atoms with Crippen LogP contribution in [-0.2, 0) is 9.31 Å². The van der Waals surface area contributed by atoms with Gasteiger partial charge in [-0.3, -0.25) is 0 Å². The smallest absolute Gasteiger partial charge is 0.399 e. The third kappa shape index (κ3) is 2.19. The van der Waals surface area contributed by atoms with Crippen molar-refractivity contribution >= 4 is 23.5 Å². The fourth-order valence-corrected chi connectivity index (χ4v) is 3.50. The molecule has 1 saturated heterocycles. The molecule has 124 valence electrons. The molecular formula is C19H28BNO2. The highest BCUT2D eigenvalue weighted by molar-refractivity contribution is 6.65. The van der Waals surface area contributed by atoms with Crippen molar-refractivity contribution < 1.29 is 9.31 Å². The molecule has 2 aromatic rings. The molecule has 0 atom stereocenters. The van der Waals surface area contributed by atoms with E-state index in [1.165, 1.54) is 38.9 Å². The van der Waals surface area contributed by atoms with E-state index >= 15 is 0 Å². The number of nitrogens with one attached hydrogen (secondary N) is 1.